The number of aromatic amines is 1. The highest BCUT2D eigenvalue weighted by atomic mass is 19.1. The molecule has 0 atom stereocenters. The predicted octanol–water partition coefficient (Wildman–Crippen LogP) is 2.84. The lowest BCUT2D eigenvalue weighted by Gasteiger charge is -2.55. The normalized spacial score (nSPS) is 15.7. The molecule has 18 heteroatoms. The molecule has 0 saturated carbocycles. The van der Waals surface area contributed by atoms with Crippen LogP contribution in [0.1, 0.15) is 52.9 Å². The summed E-state index contributed by atoms with van der Waals surface area (Å²) in [6.07, 6.45) is 1.99. The van der Waals surface area contributed by atoms with Gasteiger partial charge in [0.05, 0.1) is 72.6 Å². The number of ether oxygens (including phenoxy) is 3. The minimum atomic E-state index is -0.607. The van der Waals surface area contributed by atoms with Crippen molar-refractivity contribution in [3.63, 3.8) is 0 Å². The van der Waals surface area contributed by atoms with Crippen molar-refractivity contribution in [2.75, 3.05) is 103 Å². The number of piperazine rings is 1. The zero-order valence-corrected chi connectivity index (χ0v) is 35.1. The molecular weight excluding hydrogens is 790 g/mol. The first-order chi connectivity index (χ1) is 29.3. The summed E-state index contributed by atoms with van der Waals surface area (Å²) >= 11 is 0. The van der Waals surface area contributed by atoms with Crippen LogP contribution < -0.4 is 26.4 Å². The second kappa shape index (κ2) is 20.2. The number of benzene rings is 2. The van der Waals surface area contributed by atoms with Gasteiger partial charge in [-0.1, -0.05) is 24.3 Å². The number of likely N-dealkylation sites (N-methyl/N-ethyl adjacent to an activating group) is 1. The van der Waals surface area contributed by atoms with Crippen LogP contribution in [0.5, 0.6) is 0 Å². The number of aromatic nitrogens is 3. The molecule has 4 N–H and O–H groups in total. The average molecular weight is 844 g/mol. The fraction of sp³-hybridized carbons (Fsp3) is 0.465. The molecule has 0 radical (unpaired) electrons. The summed E-state index contributed by atoms with van der Waals surface area (Å²) in [5.41, 5.74) is 2.13. The highest BCUT2D eigenvalue weighted by Gasteiger charge is 2.49. The van der Waals surface area contributed by atoms with Crippen molar-refractivity contribution in [1.29, 1.82) is 0 Å². The Bertz CT molecular complexity index is 2250. The van der Waals surface area contributed by atoms with Crippen LogP contribution in [0.2, 0.25) is 0 Å². The Labute approximate surface area is 353 Å². The highest BCUT2D eigenvalue weighted by Crippen LogP contribution is 2.40. The van der Waals surface area contributed by atoms with Crippen molar-refractivity contribution in [3.8, 4) is 0 Å². The minimum Gasteiger partial charge on any atom is -0.444 e. The van der Waals surface area contributed by atoms with Crippen molar-refractivity contribution >= 4 is 46.3 Å². The fourth-order valence-corrected chi connectivity index (χ4v) is 7.17. The molecule has 3 aliphatic heterocycles. The molecule has 5 heterocycles. The Kier molecular flexibility index (Phi) is 14.8. The van der Waals surface area contributed by atoms with Gasteiger partial charge in [0.15, 0.2) is 6.29 Å². The molecule has 2 aromatic heterocycles. The molecular formula is C43H54FN9O8. The van der Waals surface area contributed by atoms with Gasteiger partial charge in [0, 0.05) is 64.2 Å². The monoisotopic (exact) mass is 843 g/mol. The summed E-state index contributed by atoms with van der Waals surface area (Å²) in [5.74, 6) is -1.05. The van der Waals surface area contributed by atoms with E-state index in [4.69, 9.17) is 14.2 Å². The molecule has 3 aliphatic rings. The number of nitrogens with one attached hydrogen (secondary N) is 4. The first kappa shape index (κ1) is 44.7. The number of nitrogens with zero attached hydrogens (tertiary/aromatic N) is 5. The maximum atomic E-state index is 14.7. The van der Waals surface area contributed by atoms with E-state index < -0.39 is 23.4 Å². The lowest BCUT2D eigenvalue weighted by Crippen LogP contribution is -2.66. The summed E-state index contributed by atoms with van der Waals surface area (Å²) in [5, 5.41) is 16.6. The molecule has 61 heavy (non-hydrogen) atoms. The largest absolute Gasteiger partial charge is 0.444 e. The number of hydrogen-bond donors (Lipinski definition) is 4. The Hall–Kier alpha value is -5.82. The molecule has 7 rings (SSSR count). The molecule has 3 saturated heterocycles. The Morgan fingerprint density at radius 3 is 2.36 bits per heavy atom. The van der Waals surface area contributed by atoms with Gasteiger partial charge in [0.1, 0.15) is 17.1 Å². The molecule has 0 aliphatic carbocycles. The molecule has 0 unspecified atom stereocenters. The number of amides is 3. The predicted molar refractivity (Wildman–Crippen MR) is 227 cm³/mol. The molecule has 4 aromatic rings. The van der Waals surface area contributed by atoms with Crippen molar-refractivity contribution < 1.29 is 37.8 Å². The number of pyridine rings is 1. The number of halogens is 1. The van der Waals surface area contributed by atoms with E-state index in [-0.39, 0.29) is 34.7 Å². The summed E-state index contributed by atoms with van der Waals surface area (Å²) in [6.45, 7) is 12.9. The SMILES string of the molecule is CC(C)(C)OC(=O)Nc1cc(N2CC3(COC3)C2)cnc1C=O.CNCCOCCNCC(=O)N1CCN(C(=O)c2cc(Cc3n[nH]c(=O)c4ccccc34)ccc2F)CC1. The Balaban J connectivity index is 0.000000230. The van der Waals surface area contributed by atoms with Crippen LogP contribution in [0, 0.1) is 11.2 Å². The van der Waals surface area contributed by atoms with Crippen molar-refractivity contribution in [2.45, 2.75) is 32.8 Å². The lowest BCUT2D eigenvalue weighted by molar-refractivity contribution is -0.131. The van der Waals surface area contributed by atoms with Gasteiger partial charge in [-0.15, -0.1) is 0 Å². The fourth-order valence-electron chi connectivity index (χ4n) is 7.17. The van der Waals surface area contributed by atoms with Gasteiger partial charge in [-0.2, -0.15) is 5.10 Å². The third-order valence-corrected chi connectivity index (χ3v) is 10.4. The number of H-pyrrole nitrogens is 1. The number of hydrogen-bond acceptors (Lipinski definition) is 13. The second-order valence-corrected chi connectivity index (χ2v) is 16.3. The number of rotatable bonds is 14. The van der Waals surface area contributed by atoms with Crippen LogP contribution in [0.3, 0.4) is 0 Å². The van der Waals surface area contributed by atoms with E-state index in [1.807, 2.05) is 19.2 Å². The van der Waals surface area contributed by atoms with Crippen LogP contribution in [-0.2, 0) is 25.4 Å². The lowest BCUT2D eigenvalue weighted by atomic mass is 9.78. The molecule has 2 aromatic carbocycles. The van der Waals surface area contributed by atoms with Crippen molar-refractivity contribution in [3.05, 3.63) is 93.4 Å². The van der Waals surface area contributed by atoms with Gasteiger partial charge in [-0.3, -0.25) is 24.5 Å². The molecule has 0 bridgehead atoms. The third-order valence-electron chi connectivity index (χ3n) is 10.4. The Morgan fingerprint density at radius 2 is 1.69 bits per heavy atom. The van der Waals surface area contributed by atoms with Gasteiger partial charge < -0.3 is 39.5 Å². The molecule has 3 fully saturated rings. The summed E-state index contributed by atoms with van der Waals surface area (Å²) in [7, 11) is 1.86. The van der Waals surface area contributed by atoms with E-state index in [1.165, 1.54) is 6.07 Å². The van der Waals surface area contributed by atoms with Crippen LogP contribution in [0.25, 0.3) is 10.8 Å². The second-order valence-electron chi connectivity index (χ2n) is 16.3. The minimum absolute atomic E-state index is 0.0176. The van der Waals surface area contributed by atoms with Gasteiger partial charge in [-0.05, 0) is 57.6 Å². The number of anilines is 2. The maximum Gasteiger partial charge on any atom is 0.412 e. The summed E-state index contributed by atoms with van der Waals surface area (Å²) in [4.78, 5) is 70.3. The first-order valence-corrected chi connectivity index (χ1v) is 20.3. The number of carbonyl (C=O) groups is 4. The van der Waals surface area contributed by atoms with Crippen LogP contribution in [-0.4, -0.2) is 147 Å². The molecule has 17 nitrogen and oxygen atoms in total. The van der Waals surface area contributed by atoms with Gasteiger partial charge in [-0.25, -0.2) is 19.3 Å². The highest BCUT2D eigenvalue weighted by molar-refractivity contribution is 5.95. The van der Waals surface area contributed by atoms with E-state index in [0.717, 1.165) is 38.5 Å². The van der Waals surface area contributed by atoms with Gasteiger partial charge >= 0.3 is 6.09 Å². The van der Waals surface area contributed by atoms with Crippen molar-refractivity contribution in [1.82, 2.24) is 35.6 Å². The van der Waals surface area contributed by atoms with Gasteiger partial charge in [0.25, 0.3) is 11.5 Å². The van der Waals surface area contributed by atoms with E-state index in [1.54, 1.807) is 67.1 Å². The van der Waals surface area contributed by atoms with Crippen LogP contribution >= 0.6 is 0 Å². The molecule has 3 amide bonds. The van der Waals surface area contributed by atoms with Crippen LogP contribution in [0.15, 0.2) is 59.5 Å². The zero-order chi connectivity index (χ0) is 43.6. The van der Waals surface area contributed by atoms with Gasteiger partial charge in [0.2, 0.25) is 5.91 Å². The van der Waals surface area contributed by atoms with Crippen LogP contribution in [0.4, 0.5) is 20.6 Å². The first-order valence-electron chi connectivity index (χ1n) is 20.3. The standard InChI is InChI=1S/C27H33FN6O4.C16H21N3O4/c1-29-8-14-38-15-9-30-18-25(35)33-10-12-34(13-11-33)27(37)22-16-19(6-7-23(22)28)17-24-20-4-2-3-5-21(20)26(36)32-31-24;1-15(2,3)23-14(21)18-12-4-11(5-17-13(12)6-20)19-7-16(8-19)9-22-10-16/h2-7,16,29-30H,8-15,17-18H2,1H3,(H,32,36);4-6H,7-10H2,1-3H3,(H,18,21). The molecule has 326 valence electrons. The van der Waals surface area contributed by atoms with E-state index in [2.05, 4.69) is 36.0 Å². The van der Waals surface area contributed by atoms with Crippen molar-refractivity contribution in [2.24, 2.45) is 5.41 Å². The van der Waals surface area contributed by atoms with E-state index >= 15 is 0 Å². The quantitative estimate of drug-likeness (QED) is 0.107. The Morgan fingerprint density at radius 1 is 0.984 bits per heavy atom. The molecule has 1 spiro atoms. The number of fused-ring (bicyclic) bond motifs is 1. The zero-order valence-electron chi connectivity index (χ0n) is 35.1. The van der Waals surface area contributed by atoms with E-state index in [9.17, 15) is 28.4 Å². The third kappa shape index (κ3) is 11.7. The average Bonchev–Trinajstić information content (AvgIpc) is 3.20. The number of aldehydes is 1. The number of carbonyl (C=O) groups excluding carboxylic acids is 4. The summed E-state index contributed by atoms with van der Waals surface area (Å²) in [6, 6.07) is 13.3. The summed E-state index contributed by atoms with van der Waals surface area (Å²) < 4.78 is 30.6. The van der Waals surface area contributed by atoms with E-state index in [0.29, 0.717) is 86.4 Å². The maximum absolute atomic E-state index is 14.7. The smallest absolute Gasteiger partial charge is 0.412 e. The topological polar surface area (TPSA) is 200 Å².